The van der Waals surface area contributed by atoms with Crippen molar-refractivity contribution in [2.75, 3.05) is 13.1 Å². The molecule has 4 rings (SSSR count). The summed E-state index contributed by atoms with van der Waals surface area (Å²) in [6, 6.07) is 2.93. The summed E-state index contributed by atoms with van der Waals surface area (Å²) in [7, 11) is 0. The van der Waals surface area contributed by atoms with Crippen LogP contribution in [0.15, 0.2) is 30.0 Å². The summed E-state index contributed by atoms with van der Waals surface area (Å²) in [5.74, 6) is 0.255. The van der Waals surface area contributed by atoms with E-state index in [1.54, 1.807) is 11.3 Å². The van der Waals surface area contributed by atoms with Crippen LogP contribution < -0.4 is 5.32 Å². The number of hydrogen-bond donors (Lipinski definition) is 1. The Morgan fingerprint density at radius 1 is 1.37 bits per heavy atom. The highest BCUT2D eigenvalue weighted by Gasteiger charge is 2.58. The Hall–Kier alpha value is -1.73. The average molecular weight is 388 g/mol. The molecule has 0 aromatic carbocycles. The summed E-state index contributed by atoms with van der Waals surface area (Å²) in [5, 5.41) is 10.6. The Morgan fingerprint density at radius 3 is 3.04 bits per heavy atom. The van der Waals surface area contributed by atoms with E-state index >= 15 is 0 Å². The van der Waals surface area contributed by atoms with Crippen LogP contribution in [0.2, 0.25) is 0 Å². The van der Waals surface area contributed by atoms with Gasteiger partial charge in [0.2, 0.25) is 5.91 Å². The third-order valence-corrected chi connectivity index (χ3v) is 7.27. The third kappa shape index (κ3) is 3.67. The molecule has 0 saturated carbocycles. The van der Waals surface area contributed by atoms with Crippen LogP contribution in [0.25, 0.3) is 0 Å². The van der Waals surface area contributed by atoms with E-state index in [4.69, 9.17) is 0 Å². The molecule has 2 aromatic heterocycles. The van der Waals surface area contributed by atoms with E-state index in [1.807, 2.05) is 34.7 Å². The number of carbonyl (C=O) groups excluding carboxylic acids is 1. The van der Waals surface area contributed by atoms with Crippen molar-refractivity contribution in [3.8, 4) is 0 Å². The van der Waals surface area contributed by atoms with E-state index < -0.39 is 0 Å². The highest BCUT2D eigenvalue weighted by Crippen LogP contribution is 2.51. The zero-order valence-corrected chi connectivity index (χ0v) is 16.8. The first-order valence-electron chi connectivity index (χ1n) is 10.1. The lowest BCUT2D eigenvalue weighted by Crippen LogP contribution is -2.49. The monoisotopic (exact) mass is 387 g/mol. The van der Waals surface area contributed by atoms with Gasteiger partial charge >= 0.3 is 0 Å². The fourth-order valence-electron chi connectivity index (χ4n) is 5.11. The molecule has 4 heterocycles. The van der Waals surface area contributed by atoms with Gasteiger partial charge in [0.15, 0.2) is 0 Å². The summed E-state index contributed by atoms with van der Waals surface area (Å²) < 4.78 is 2.00. The van der Waals surface area contributed by atoms with E-state index in [0.29, 0.717) is 18.6 Å². The van der Waals surface area contributed by atoms with Gasteiger partial charge in [-0.05, 0) is 38.2 Å². The molecule has 2 bridgehead atoms. The second kappa shape index (κ2) is 8.10. The van der Waals surface area contributed by atoms with Gasteiger partial charge in [0.1, 0.15) is 0 Å². The molecule has 6 nitrogen and oxygen atoms in total. The van der Waals surface area contributed by atoms with Crippen molar-refractivity contribution < 1.29 is 4.79 Å². The molecule has 2 aliphatic heterocycles. The number of fused-ring (bicyclic) bond motifs is 2. The zero-order chi connectivity index (χ0) is 18.7. The van der Waals surface area contributed by atoms with Crippen molar-refractivity contribution >= 4 is 17.2 Å². The highest BCUT2D eigenvalue weighted by atomic mass is 32.1. The lowest BCUT2D eigenvalue weighted by Gasteiger charge is -2.35. The van der Waals surface area contributed by atoms with Crippen LogP contribution in [-0.2, 0) is 17.8 Å². The van der Waals surface area contributed by atoms with E-state index in [1.165, 1.54) is 6.42 Å². The van der Waals surface area contributed by atoms with Gasteiger partial charge in [-0.3, -0.25) is 14.4 Å². The summed E-state index contributed by atoms with van der Waals surface area (Å²) in [4.78, 5) is 20.1. The smallest absolute Gasteiger partial charge is 0.227 e. The van der Waals surface area contributed by atoms with Crippen molar-refractivity contribution in [1.82, 2.24) is 25.0 Å². The van der Waals surface area contributed by atoms with Gasteiger partial charge in [-0.25, -0.2) is 4.98 Å². The molecule has 1 amide bonds. The van der Waals surface area contributed by atoms with Crippen LogP contribution in [-0.4, -0.2) is 50.7 Å². The summed E-state index contributed by atoms with van der Waals surface area (Å²) in [6.07, 6.45) is 11.9. The van der Waals surface area contributed by atoms with Crippen LogP contribution in [0, 0.1) is 5.41 Å². The second-order valence-corrected chi connectivity index (χ2v) is 8.73. The van der Waals surface area contributed by atoms with Gasteiger partial charge in [-0.1, -0.05) is 6.92 Å². The molecule has 0 spiro atoms. The minimum Gasteiger partial charge on any atom is -0.355 e. The number of rotatable bonds is 9. The van der Waals surface area contributed by atoms with Crippen molar-refractivity contribution in [1.29, 1.82) is 0 Å². The zero-order valence-electron chi connectivity index (χ0n) is 16.0. The van der Waals surface area contributed by atoms with Gasteiger partial charge in [-0.2, -0.15) is 5.10 Å². The van der Waals surface area contributed by atoms with Gasteiger partial charge in [0.05, 0.1) is 10.4 Å². The predicted octanol–water partition coefficient (Wildman–Crippen LogP) is 2.72. The number of nitrogens with zero attached hydrogens (tertiary/aromatic N) is 4. The Kier molecular flexibility index (Phi) is 5.59. The number of aryl methyl sites for hydroxylation is 1. The number of carbonyl (C=O) groups is 1. The Labute approximate surface area is 165 Å². The number of amides is 1. The van der Waals surface area contributed by atoms with E-state index in [2.05, 4.69) is 27.2 Å². The Bertz CT molecular complexity index is 732. The number of hydrogen-bond acceptors (Lipinski definition) is 5. The molecule has 2 aromatic rings. The number of nitrogens with one attached hydrogen (secondary N) is 1. The molecular formula is C20H29N5OS. The molecule has 1 N–H and O–H groups in total. The highest BCUT2D eigenvalue weighted by molar-refractivity contribution is 7.09. The maximum absolute atomic E-state index is 13.2. The topological polar surface area (TPSA) is 63.1 Å². The first-order chi connectivity index (χ1) is 13.2. The van der Waals surface area contributed by atoms with Crippen LogP contribution in [0.4, 0.5) is 0 Å². The maximum Gasteiger partial charge on any atom is 0.227 e. The van der Waals surface area contributed by atoms with Gasteiger partial charge in [-0.15, -0.1) is 11.3 Å². The van der Waals surface area contributed by atoms with Crippen molar-refractivity contribution in [3.05, 3.63) is 35.0 Å². The lowest BCUT2D eigenvalue weighted by atomic mass is 9.71. The van der Waals surface area contributed by atoms with E-state index in [0.717, 1.165) is 50.2 Å². The van der Waals surface area contributed by atoms with E-state index in [9.17, 15) is 4.79 Å². The summed E-state index contributed by atoms with van der Waals surface area (Å²) in [6.45, 7) is 4.87. The van der Waals surface area contributed by atoms with Crippen molar-refractivity contribution in [2.45, 2.75) is 64.1 Å². The van der Waals surface area contributed by atoms with Gasteiger partial charge < -0.3 is 5.32 Å². The first kappa shape index (κ1) is 18.6. The third-order valence-electron chi connectivity index (χ3n) is 6.43. The average Bonchev–Trinajstić information content (AvgIpc) is 3.47. The minimum atomic E-state index is -0.211. The molecular weight excluding hydrogens is 358 g/mol. The molecule has 2 aliphatic rings. The predicted molar refractivity (Wildman–Crippen MR) is 107 cm³/mol. The molecule has 146 valence electrons. The SMILES string of the molecule is CC[C@@]1(C(=O)NCCc2nccs2)C[C@@H]2CC[C@H]1N2CCCn1cccn1. The summed E-state index contributed by atoms with van der Waals surface area (Å²) in [5.41, 5.74) is -0.211. The molecule has 2 fully saturated rings. The standard InChI is InChI=1S/C20H29N5OS/c1-2-20(19(26)22-9-7-18-21-10-14-27-18)15-16-5-6-17(20)25(16)13-4-12-24-11-3-8-23-24/h3,8,10-11,14,16-17H,2,4-7,9,12-13,15H2,1H3,(H,22,26)/t16-,17+,20+/m0/s1. The van der Waals surface area contributed by atoms with Crippen LogP contribution in [0.1, 0.15) is 44.0 Å². The van der Waals surface area contributed by atoms with Crippen molar-refractivity contribution in [2.24, 2.45) is 5.41 Å². The minimum absolute atomic E-state index is 0.211. The molecule has 0 radical (unpaired) electrons. The molecule has 3 atom stereocenters. The molecule has 2 saturated heterocycles. The Morgan fingerprint density at radius 2 is 2.30 bits per heavy atom. The van der Waals surface area contributed by atoms with E-state index in [-0.39, 0.29) is 11.3 Å². The molecule has 0 unspecified atom stereocenters. The van der Waals surface area contributed by atoms with Crippen molar-refractivity contribution in [3.63, 3.8) is 0 Å². The second-order valence-electron chi connectivity index (χ2n) is 7.75. The fraction of sp³-hybridized carbons (Fsp3) is 0.650. The summed E-state index contributed by atoms with van der Waals surface area (Å²) >= 11 is 1.65. The van der Waals surface area contributed by atoms with Gasteiger partial charge in [0, 0.05) is 62.1 Å². The van der Waals surface area contributed by atoms with Gasteiger partial charge in [0.25, 0.3) is 0 Å². The largest absolute Gasteiger partial charge is 0.355 e. The first-order valence-corrected chi connectivity index (χ1v) is 11.0. The number of aromatic nitrogens is 3. The quantitative estimate of drug-likeness (QED) is 0.719. The molecule has 7 heteroatoms. The Balaban J connectivity index is 1.33. The normalized spacial score (nSPS) is 27.3. The molecule has 27 heavy (non-hydrogen) atoms. The van der Waals surface area contributed by atoms with Crippen LogP contribution in [0.3, 0.4) is 0 Å². The number of thiazole rings is 1. The molecule has 0 aliphatic carbocycles. The van der Waals surface area contributed by atoms with Crippen LogP contribution >= 0.6 is 11.3 Å². The van der Waals surface area contributed by atoms with Crippen LogP contribution in [0.5, 0.6) is 0 Å². The fourth-order valence-corrected chi connectivity index (χ4v) is 5.73. The lowest BCUT2D eigenvalue weighted by molar-refractivity contribution is -0.133. The maximum atomic E-state index is 13.2.